The van der Waals surface area contributed by atoms with Crippen LogP contribution in [0, 0.1) is 13.8 Å². The molecule has 1 aliphatic heterocycles. The summed E-state index contributed by atoms with van der Waals surface area (Å²) in [6, 6.07) is 11.9. The van der Waals surface area contributed by atoms with Gasteiger partial charge < -0.3 is 9.47 Å². The van der Waals surface area contributed by atoms with Crippen LogP contribution in [0.15, 0.2) is 36.4 Å². The van der Waals surface area contributed by atoms with E-state index < -0.39 is 0 Å². The molecule has 0 N–H and O–H groups in total. The van der Waals surface area contributed by atoms with Crippen molar-refractivity contribution in [1.29, 1.82) is 0 Å². The van der Waals surface area contributed by atoms with Gasteiger partial charge in [0.15, 0.2) is 5.13 Å². The molecule has 0 spiro atoms. The Morgan fingerprint density at radius 2 is 2.07 bits per heavy atom. The fraction of sp³-hybridized carbons (Fsp3) is 0.391. The number of benzene rings is 2. The van der Waals surface area contributed by atoms with Gasteiger partial charge in [-0.25, -0.2) is 4.98 Å². The van der Waals surface area contributed by atoms with Crippen molar-refractivity contribution in [2.75, 3.05) is 25.2 Å². The first-order valence-electron chi connectivity index (χ1n) is 9.96. The van der Waals surface area contributed by atoms with Crippen molar-refractivity contribution in [3.8, 4) is 5.75 Å². The van der Waals surface area contributed by atoms with Crippen LogP contribution in [0.25, 0.3) is 10.2 Å². The lowest BCUT2D eigenvalue weighted by Gasteiger charge is -2.23. The summed E-state index contributed by atoms with van der Waals surface area (Å²) in [7, 11) is 1.64. The normalized spacial score (nSPS) is 16.3. The molecule has 1 amide bonds. The molecule has 1 unspecified atom stereocenters. The zero-order valence-corrected chi connectivity index (χ0v) is 17.9. The summed E-state index contributed by atoms with van der Waals surface area (Å²) in [4.78, 5) is 19.9. The van der Waals surface area contributed by atoms with Gasteiger partial charge in [-0.3, -0.25) is 9.69 Å². The first-order chi connectivity index (χ1) is 14.0. The van der Waals surface area contributed by atoms with Crippen LogP contribution in [0.1, 0.15) is 29.5 Å². The van der Waals surface area contributed by atoms with E-state index in [0.29, 0.717) is 13.0 Å². The highest BCUT2D eigenvalue weighted by Crippen LogP contribution is 2.33. The van der Waals surface area contributed by atoms with Crippen molar-refractivity contribution in [2.45, 2.75) is 39.2 Å². The third kappa shape index (κ3) is 4.43. The molecule has 1 fully saturated rings. The molecule has 1 aromatic heterocycles. The number of aromatic nitrogens is 1. The first kappa shape index (κ1) is 19.9. The molecule has 0 bridgehead atoms. The van der Waals surface area contributed by atoms with Crippen molar-refractivity contribution in [3.05, 3.63) is 53.1 Å². The molecule has 1 aliphatic rings. The molecule has 29 heavy (non-hydrogen) atoms. The number of anilines is 1. The minimum atomic E-state index is 0.0408. The van der Waals surface area contributed by atoms with Crippen LogP contribution in [0.3, 0.4) is 0 Å². The topological polar surface area (TPSA) is 51.7 Å². The van der Waals surface area contributed by atoms with Gasteiger partial charge in [0, 0.05) is 6.61 Å². The number of hydrogen-bond donors (Lipinski definition) is 0. The number of fused-ring (bicyclic) bond motifs is 1. The highest BCUT2D eigenvalue weighted by molar-refractivity contribution is 7.22. The van der Waals surface area contributed by atoms with Gasteiger partial charge in [-0.1, -0.05) is 29.5 Å². The summed E-state index contributed by atoms with van der Waals surface area (Å²) < 4.78 is 12.2. The Hall–Kier alpha value is -2.44. The number of ether oxygens (including phenoxy) is 2. The van der Waals surface area contributed by atoms with E-state index in [2.05, 4.69) is 26.0 Å². The van der Waals surface area contributed by atoms with Crippen LogP contribution < -0.4 is 9.64 Å². The molecule has 1 atom stereocenters. The van der Waals surface area contributed by atoms with Gasteiger partial charge in [0.1, 0.15) is 5.75 Å². The van der Waals surface area contributed by atoms with Crippen molar-refractivity contribution >= 4 is 32.6 Å². The molecule has 1 saturated heterocycles. The fourth-order valence-corrected chi connectivity index (χ4v) is 4.81. The van der Waals surface area contributed by atoms with Crippen LogP contribution in [0.5, 0.6) is 5.75 Å². The molecule has 152 valence electrons. The standard InChI is InChI=1S/C23H26N2O3S/c1-15-11-16(2)22-20(12-15)24-23(29-22)25(14-19-5-4-10-28-19)21(26)13-17-6-8-18(27-3)9-7-17/h6-9,11-12,19H,4-5,10,13-14H2,1-3H3. The number of hydrogen-bond acceptors (Lipinski definition) is 5. The third-order valence-electron chi connectivity index (χ3n) is 5.27. The summed E-state index contributed by atoms with van der Waals surface area (Å²) in [5.74, 6) is 0.827. The Kier molecular flexibility index (Phi) is 5.83. The molecular formula is C23H26N2O3S. The van der Waals surface area contributed by atoms with E-state index in [9.17, 15) is 4.79 Å². The molecule has 4 rings (SSSR count). The highest BCUT2D eigenvalue weighted by Gasteiger charge is 2.26. The minimum absolute atomic E-state index is 0.0408. The van der Waals surface area contributed by atoms with Crippen LogP contribution in [0.2, 0.25) is 0 Å². The number of amides is 1. The zero-order chi connectivity index (χ0) is 20.4. The van der Waals surface area contributed by atoms with E-state index >= 15 is 0 Å². The van der Waals surface area contributed by atoms with Gasteiger partial charge in [-0.15, -0.1) is 0 Å². The Bertz CT molecular complexity index is 1010. The summed E-state index contributed by atoms with van der Waals surface area (Å²) in [5, 5.41) is 0.753. The van der Waals surface area contributed by atoms with Crippen LogP contribution >= 0.6 is 11.3 Å². The molecule has 2 aromatic carbocycles. The number of rotatable bonds is 6. The number of aryl methyl sites for hydroxylation is 2. The van der Waals surface area contributed by atoms with Crippen LogP contribution in [-0.4, -0.2) is 37.3 Å². The van der Waals surface area contributed by atoms with Crippen molar-refractivity contribution < 1.29 is 14.3 Å². The summed E-state index contributed by atoms with van der Waals surface area (Å²) >= 11 is 1.59. The molecule has 3 aromatic rings. The number of thiazole rings is 1. The van der Waals surface area contributed by atoms with Crippen molar-refractivity contribution in [1.82, 2.24) is 4.98 Å². The molecule has 0 aliphatic carbocycles. The molecule has 5 nitrogen and oxygen atoms in total. The number of carbonyl (C=O) groups is 1. The number of carbonyl (C=O) groups excluding carboxylic acids is 1. The van der Waals surface area contributed by atoms with Gasteiger partial charge in [-0.05, 0) is 61.6 Å². The van der Waals surface area contributed by atoms with Gasteiger partial charge in [0.05, 0.1) is 36.4 Å². The lowest BCUT2D eigenvalue weighted by molar-refractivity contribution is -0.118. The predicted octanol–water partition coefficient (Wildman–Crippen LogP) is 4.68. The highest BCUT2D eigenvalue weighted by atomic mass is 32.1. The minimum Gasteiger partial charge on any atom is -0.497 e. The lowest BCUT2D eigenvalue weighted by atomic mass is 10.1. The Morgan fingerprint density at radius 1 is 1.28 bits per heavy atom. The lowest BCUT2D eigenvalue weighted by Crippen LogP contribution is -2.38. The third-order valence-corrected chi connectivity index (χ3v) is 6.49. The molecule has 0 saturated carbocycles. The van der Waals surface area contributed by atoms with E-state index in [-0.39, 0.29) is 12.0 Å². The van der Waals surface area contributed by atoms with Gasteiger partial charge in [0.25, 0.3) is 0 Å². The van der Waals surface area contributed by atoms with E-state index in [1.165, 1.54) is 11.1 Å². The van der Waals surface area contributed by atoms with Crippen LogP contribution in [0.4, 0.5) is 5.13 Å². The second kappa shape index (κ2) is 8.51. The predicted molar refractivity (Wildman–Crippen MR) is 117 cm³/mol. The summed E-state index contributed by atoms with van der Waals surface area (Å²) in [6.07, 6.45) is 2.42. The molecular weight excluding hydrogens is 384 g/mol. The second-order valence-corrected chi connectivity index (χ2v) is 8.57. The number of nitrogens with zero attached hydrogens (tertiary/aromatic N) is 2. The Balaban J connectivity index is 1.63. The largest absolute Gasteiger partial charge is 0.497 e. The van der Waals surface area contributed by atoms with Crippen molar-refractivity contribution in [2.24, 2.45) is 0 Å². The van der Waals surface area contributed by atoms with Gasteiger partial charge >= 0.3 is 0 Å². The monoisotopic (exact) mass is 410 g/mol. The van der Waals surface area contributed by atoms with Gasteiger partial charge in [-0.2, -0.15) is 0 Å². The van der Waals surface area contributed by atoms with Crippen molar-refractivity contribution in [3.63, 3.8) is 0 Å². The maximum atomic E-state index is 13.3. The zero-order valence-electron chi connectivity index (χ0n) is 17.1. The average Bonchev–Trinajstić information content (AvgIpc) is 3.36. The summed E-state index contributed by atoms with van der Waals surface area (Å²) in [6.45, 7) is 5.49. The smallest absolute Gasteiger partial charge is 0.233 e. The Labute approximate surface area is 175 Å². The molecule has 0 radical (unpaired) electrons. The fourth-order valence-electron chi connectivity index (χ4n) is 3.77. The maximum Gasteiger partial charge on any atom is 0.233 e. The number of methoxy groups -OCH3 is 1. The first-order valence-corrected chi connectivity index (χ1v) is 10.8. The molecule has 6 heteroatoms. The quantitative estimate of drug-likeness (QED) is 0.592. The summed E-state index contributed by atoms with van der Waals surface area (Å²) in [5.41, 5.74) is 4.30. The van der Waals surface area contributed by atoms with Gasteiger partial charge in [0.2, 0.25) is 5.91 Å². The average molecular weight is 411 g/mol. The van der Waals surface area contributed by atoms with Crippen LogP contribution in [-0.2, 0) is 16.0 Å². The SMILES string of the molecule is COc1ccc(CC(=O)N(CC2CCCO2)c2nc3cc(C)cc(C)c3s2)cc1. The van der Waals surface area contributed by atoms with E-state index in [0.717, 1.165) is 46.1 Å². The Morgan fingerprint density at radius 3 is 2.76 bits per heavy atom. The van der Waals surface area contributed by atoms with E-state index in [1.54, 1.807) is 18.4 Å². The molecule has 2 heterocycles. The van der Waals surface area contributed by atoms with E-state index in [4.69, 9.17) is 14.5 Å². The maximum absolute atomic E-state index is 13.3. The van der Waals surface area contributed by atoms with E-state index in [1.807, 2.05) is 29.2 Å². The second-order valence-electron chi connectivity index (χ2n) is 7.59.